The summed E-state index contributed by atoms with van der Waals surface area (Å²) in [4.78, 5) is 0. The Morgan fingerprint density at radius 1 is 1.30 bits per heavy atom. The molecule has 1 aliphatic heterocycles. The van der Waals surface area contributed by atoms with Crippen molar-refractivity contribution in [2.24, 2.45) is 11.3 Å². The average molecular weight is 158 g/mol. The molecular formula is C9H18S. The summed E-state index contributed by atoms with van der Waals surface area (Å²) in [6.45, 7) is 7.09. The van der Waals surface area contributed by atoms with Crippen molar-refractivity contribution in [2.75, 3.05) is 11.5 Å². The monoisotopic (exact) mass is 158 g/mol. The lowest BCUT2D eigenvalue weighted by atomic mass is 9.79. The number of rotatable bonds is 0. The van der Waals surface area contributed by atoms with Gasteiger partial charge < -0.3 is 0 Å². The van der Waals surface area contributed by atoms with Crippen molar-refractivity contribution in [2.45, 2.75) is 33.6 Å². The summed E-state index contributed by atoms with van der Waals surface area (Å²) >= 11 is 2.13. The van der Waals surface area contributed by atoms with Crippen LogP contribution in [0.2, 0.25) is 0 Å². The molecule has 10 heavy (non-hydrogen) atoms. The van der Waals surface area contributed by atoms with Gasteiger partial charge in [0, 0.05) is 0 Å². The van der Waals surface area contributed by atoms with Crippen molar-refractivity contribution in [3.8, 4) is 0 Å². The van der Waals surface area contributed by atoms with Crippen molar-refractivity contribution in [1.82, 2.24) is 0 Å². The summed E-state index contributed by atoms with van der Waals surface area (Å²) in [6.07, 6.45) is 2.89. The molecule has 60 valence electrons. The molecule has 0 saturated carbocycles. The maximum absolute atomic E-state index is 2.36. The fraction of sp³-hybridized carbons (Fsp3) is 1.00. The third-order valence-electron chi connectivity index (χ3n) is 2.39. The van der Waals surface area contributed by atoms with Gasteiger partial charge in [-0.25, -0.2) is 0 Å². The molecule has 1 aliphatic rings. The van der Waals surface area contributed by atoms with Gasteiger partial charge in [-0.05, 0) is 35.7 Å². The van der Waals surface area contributed by atoms with Crippen LogP contribution >= 0.6 is 11.8 Å². The van der Waals surface area contributed by atoms with Gasteiger partial charge in [0.25, 0.3) is 0 Å². The first-order valence-corrected chi connectivity index (χ1v) is 5.34. The zero-order chi connectivity index (χ0) is 7.61. The van der Waals surface area contributed by atoms with Gasteiger partial charge >= 0.3 is 0 Å². The fourth-order valence-corrected chi connectivity index (χ4v) is 2.91. The Morgan fingerprint density at radius 2 is 2.00 bits per heavy atom. The quantitative estimate of drug-likeness (QED) is 0.522. The van der Waals surface area contributed by atoms with Crippen LogP contribution in [0.25, 0.3) is 0 Å². The highest BCUT2D eigenvalue weighted by Crippen LogP contribution is 2.35. The van der Waals surface area contributed by atoms with Gasteiger partial charge in [-0.15, -0.1) is 0 Å². The molecule has 1 saturated heterocycles. The lowest BCUT2D eigenvalue weighted by molar-refractivity contribution is 0.247. The molecule has 0 amide bonds. The van der Waals surface area contributed by atoms with Crippen molar-refractivity contribution in [3.63, 3.8) is 0 Å². The molecule has 0 N–H and O–H groups in total. The van der Waals surface area contributed by atoms with Crippen LogP contribution in [-0.2, 0) is 0 Å². The number of hydrogen-bond acceptors (Lipinski definition) is 1. The van der Waals surface area contributed by atoms with Crippen molar-refractivity contribution in [3.05, 3.63) is 0 Å². The minimum absolute atomic E-state index is 0.549. The first kappa shape index (κ1) is 8.45. The molecule has 1 unspecified atom stereocenters. The molecule has 1 atom stereocenters. The topological polar surface area (TPSA) is 0 Å². The molecule has 0 aromatic heterocycles. The Hall–Kier alpha value is 0.350. The molecule has 0 aromatic rings. The molecule has 1 heteroatoms. The normalized spacial score (nSPS) is 28.5. The van der Waals surface area contributed by atoms with E-state index >= 15 is 0 Å². The van der Waals surface area contributed by atoms with Crippen LogP contribution in [0, 0.1) is 11.3 Å². The first-order chi connectivity index (χ1) is 4.61. The van der Waals surface area contributed by atoms with E-state index in [-0.39, 0.29) is 0 Å². The third-order valence-corrected chi connectivity index (χ3v) is 3.60. The summed E-state index contributed by atoms with van der Waals surface area (Å²) in [5, 5.41) is 0. The lowest BCUT2D eigenvalue weighted by Crippen LogP contribution is -2.25. The second-order valence-corrected chi connectivity index (χ2v) is 5.43. The Morgan fingerprint density at radius 3 is 2.30 bits per heavy atom. The van der Waals surface area contributed by atoms with E-state index < -0.39 is 0 Å². The predicted molar refractivity (Wildman–Crippen MR) is 49.5 cm³/mol. The molecule has 0 nitrogen and oxygen atoms in total. The van der Waals surface area contributed by atoms with Crippen molar-refractivity contribution < 1.29 is 0 Å². The zero-order valence-corrected chi connectivity index (χ0v) is 8.13. The van der Waals surface area contributed by atoms with Crippen LogP contribution in [0.1, 0.15) is 33.6 Å². The van der Waals surface area contributed by atoms with Crippen LogP contribution in [0.15, 0.2) is 0 Å². The van der Waals surface area contributed by atoms with Gasteiger partial charge in [0.05, 0.1) is 0 Å². The van der Waals surface area contributed by atoms with Crippen LogP contribution in [-0.4, -0.2) is 11.5 Å². The second-order valence-electron chi connectivity index (χ2n) is 4.28. The van der Waals surface area contributed by atoms with Crippen LogP contribution in [0.4, 0.5) is 0 Å². The van der Waals surface area contributed by atoms with Crippen molar-refractivity contribution >= 4 is 11.8 Å². The largest absolute Gasteiger partial charge is 0.162 e. The predicted octanol–water partition coefficient (Wildman–Crippen LogP) is 3.18. The summed E-state index contributed by atoms with van der Waals surface area (Å²) in [5.41, 5.74) is 0.549. The maximum atomic E-state index is 2.36. The highest BCUT2D eigenvalue weighted by atomic mass is 32.2. The lowest BCUT2D eigenvalue weighted by Gasteiger charge is -2.33. The van der Waals surface area contributed by atoms with E-state index in [1.165, 1.54) is 24.3 Å². The molecule has 1 fully saturated rings. The van der Waals surface area contributed by atoms with Gasteiger partial charge in [-0.1, -0.05) is 20.8 Å². The fourth-order valence-electron chi connectivity index (χ4n) is 1.42. The van der Waals surface area contributed by atoms with Crippen LogP contribution in [0.5, 0.6) is 0 Å². The van der Waals surface area contributed by atoms with E-state index in [1.54, 1.807) is 0 Å². The van der Waals surface area contributed by atoms with Gasteiger partial charge in [0.2, 0.25) is 0 Å². The SMILES string of the molecule is CC(C)(C)C1CCCSC1. The Labute approximate surface area is 68.8 Å². The van der Waals surface area contributed by atoms with Gasteiger partial charge in [0.1, 0.15) is 0 Å². The third kappa shape index (κ3) is 2.19. The second kappa shape index (κ2) is 3.17. The summed E-state index contributed by atoms with van der Waals surface area (Å²) in [7, 11) is 0. The molecule has 0 spiro atoms. The van der Waals surface area contributed by atoms with Crippen LogP contribution in [0.3, 0.4) is 0 Å². The van der Waals surface area contributed by atoms with Gasteiger partial charge in [-0.3, -0.25) is 0 Å². The molecule has 0 aromatic carbocycles. The van der Waals surface area contributed by atoms with Gasteiger partial charge in [-0.2, -0.15) is 11.8 Å². The highest BCUT2D eigenvalue weighted by molar-refractivity contribution is 7.99. The van der Waals surface area contributed by atoms with E-state index in [9.17, 15) is 0 Å². The summed E-state index contributed by atoms with van der Waals surface area (Å²) in [5.74, 6) is 3.75. The minimum atomic E-state index is 0.549. The maximum Gasteiger partial charge on any atom is -0.00341 e. The molecule has 0 bridgehead atoms. The molecular weight excluding hydrogens is 140 g/mol. The summed E-state index contributed by atoms with van der Waals surface area (Å²) in [6, 6.07) is 0. The van der Waals surface area contributed by atoms with Crippen molar-refractivity contribution in [1.29, 1.82) is 0 Å². The average Bonchev–Trinajstić information content (AvgIpc) is 1.88. The molecule has 1 heterocycles. The number of hydrogen-bond donors (Lipinski definition) is 0. The van der Waals surface area contributed by atoms with Crippen LogP contribution < -0.4 is 0 Å². The molecule has 0 aliphatic carbocycles. The Bertz CT molecular complexity index is 95.8. The van der Waals surface area contributed by atoms with Gasteiger partial charge in [0.15, 0.2) is 0 Å². The molecule has 0 radical (unpaired) electrons. The highest BCUT2D eigenvalue weighted by Gasteiger charge is 2.25. The van der Waals surface area contributed by atoms with E-state index in [0.717, 1.165) is 5.92 Å². The van der Waals surface area contributed by atoms with E-state index in [1.807, 2.05) is 0 Å². The first-order valence-electron chi connectivity index (χ1n) is 4.18. The smallest absolute Gasteiger partial charge is 0.00341 e. The zero-order valence-electron chi connectivity index (χ0n) is 7.31. The Kier molecular flexibility index (Phi) is 2.67. The molecule has 1 rings (SSSR count). The van der Waals surface area contributed by atoms with E-state index in [0.29, 0.717) is 5.41 Å². The number of thioether (sulfide) groups is 1. The Balaban J connectivity index is 2.39. The van der Waals surface area contributed by atoms with E-state index in [2.05, 4.69) is 32.5 Å². The standard InChI is InChI=1S/C9H18S/c1-9(2,3)8-5-4-6-10-7-8/h8H,4-7H2,1-3H3. The summed E-state index contributed by atoms with van der Waals surface area (Å²) < 4.78 is 0. The minimum Gasteiger partial charge on any atom is -0.162 e. The van der Waals surface area contributed by atoms with E-state index in [4.69, 9.17) is 0 Å².